The third kappa shape index (κ3) is 3.41. The maximum Gasteiger partial charge on any atom is 0.328 e. The minimum atomic E-state index is -0.507. The van der Waals surface area contributed by atoms with Crippen LogP contribution >= 0.6 is 0 Å². The number of benzene rings is 1. The van der Waals surface area contributed by atoms with Crippen molar-refractivity contribution in [1.29, 1.82) is 0 Å². The number of hydrogen-bond donors (Lipinski definition) is 2. The highest BCUT2D eigenvalue weighted by Crippen LogP contribution is 2.29. The smallest absolute Gasteiger partial charge is 0.328 e. The number of amides is 1. The summed E-state index contributed by atoms with van der Waals surface area (Å²) >= 11 is 0. The number of aromatic amines is 1. The van der Waals surface area contributed by atoms with Crippen molar-refractivity contribution in [3.8, 4) is 5.75 Å². The molecule has 1 aromatic heterocycles. The van der Waals surface area contributed by atoms with Crippen molar-refractivity contribution < 1.29 is 9.53 Å². The van der Waals surface area contributed by atoms with E-state index in [1.165, 1.54) is 13.2 Å². The first kappa shape index (κ1) is 17.9. The lowest BCUT2D eigenvalue weighted by atomic mass is 9.95. The normalized spacial score (nSPS) is 19.6. The first-order valence-corrected chi connectivity index (χ1v) is 8.35. The van der Waals surface area contributed by atoms with Gasteiger partial charge in [-0.2, -0.15) is 0 Å². The molecule has 0 aliphatic carbocycles. The fraction of sp³-hybridized carbons (Fsp3) is 0.389. The van der Waals surface area contributed by atoms with Crippen molar-refractivity contribution in [2.24, 2.45) is 12.8 Å². The van der Waals surface area contributed by atoms with Gasteiger partial charge in [0.05, 0.1) is 13.5 Å². The summed E-state index contributed by atoms with van der Waals surface area (Å²) < 4.78 is 6.21. The molecule has 2 aromatic rings. The summed E-state index contributed by atoms with van der Waals surface area (Å²) in [6.45, 7) is 0.904. The molecule has 1 amide bonds. The van der Waals surface area contributed by atoms with Gasteiger partial charge in [-0.25, -0.2) is 4.79 Å². The highest BCUT2D eigenvalue weighted by Gasteiger charge is 2.34. The monoisotopic (exact) mass is 358 g/mol. The zero-order valence-corrected chi connectivity index (χ0v) is 14.8. The summed E-state index contributed by atoms with van der Waals surface area (Å²) in [6, 6.07) is 7.47. The molecule has 0 saturated carbocycles. The van der Waals surface area contributed by atoms with Crippen LogP contribution in [0.15, 0.2) is 40.1 Å². The van der Waals surface area contributed by atoms with Crippen molar-refractivity contribution >= 4 is 5.91 Å². The zero-order chi connectivity index (χ0) is 18.8. The van der Waals surface area contributed by atoms with Gasteiger partial charge >= 0.3 is 5.69 Å². The molecule has 1 saturated heterocycles. The second-order valence-corrected chi connectivity index (χ2v) is 6.51. The Kier molecular flexibility index (Phi) is 4.94. The van der Waals surface area contributed by atoms with Crippen LogP contribution in [0.1, 0.15) is 17.0 Å². The molecule has 2 atom stereocenters. The van der Waals surface area contributed by atoms with Gasteiger partial charge in [-0.1, -0.05) is 12.1 Å². The average Bonchev–Trinajstić information content (AvgIpc) is 3.04. The standard InChI is InChI=1S/C18H22N4O4/c1-21-17(24)12(8-20-18(21)25)7-16(23)22-9-14(15(19)10-22)11-4-3-5-13(6-11)26-2/h3-6,8,14-15H,7,9-10,19H2,1-2H3,(H,20,25)/t14-,15+/m1/s1. The number of rotatable bonds is 4. The lowest BCUT2D eigenvalue weighted by Gasteiger charge is -2.17. The van der Waals surface area contributed by atoms with Gasteiger partial charge in [0.2, 0.25) is 5.91 Å². The summed E-state index contributed by atoms with van der Waals surface area (Å²) in [7, 11) is 2.98. The molecule has 1 aromatic carbocycles. The topological polar surface area (TPSA) is 110 Å². The number of H-pyrrole nitrogens is 1. The van der Waals surface area contributed by atoms with E-state index in [0.717, 1.165) is 15.9 Å². The average molecular weight is 358 g/mol. The Morgan fingerprint density at radius 1 is 1.35 bits per heavy atom. The fourth-order valence-corrected chi connectivity index (χ4v) is 3.27. The van der Waals surface area contributed by atoms with Gasteiger partial charge < -0.3 is 20.4 Å². The number of carbonyl (C=O) groups is 1. The summed E-state index contributed by atoms with van der Waals surface area (Å²) in [5, 5.41) is 0. The Morgan fingerprint density at radius 3 is 2.85 bits per heavy atom. The van der Waals surface area contributed by atoms with Gasteiger partial charge in [-0.05, 0) is 17.7 Å². The SMILES string of the molecule is COc1cccc([C@H]2CN(C(=O)Cc3c[nH]c(=O)n(C)c3=O)C[C@@H]2N)c1. The Bertz CT molecular complexity index is 933. The molecule has 3 rings (SSSR count). The maximum atomic E-state index is 12.6. The Labute approximate surface area is 150 Å². The number of methoxy groups -OCH3 is 1. The highest BCUT2D eigenvalue weighted by atomic mass is 16.5. The number of hydrogen-bond acceptors (Lipinski definition) is 5. The number of nitrogens with two attached hydrogens (primary N) is 1. The van der Waals surface area contributed by atoms with E-state index in [4.69, 9.17) is 10.5 Å². The van der Waals surface area contributed by atoms with Crippen LogP contribution < -0.4 is 21.7 Å². The molecule has 2 heterocycles. The molecule has 0 bridgehead atoms. The van der Waals surface area contributed by atoms with Crippen molar-refractivity contribution in [3.63, 3.8) is 0 Å². The van der Waals surface area contributed by atoms with Gasteiger partial charge in [-0.15, -0.1) is 0 Å². The molecule has 1 fully saturated rings. The second kappa shape index (κ2) is 7.17. The Morgan fingerprint density at radius 2 is 2.12 bits per heavy atom. The van der Waals surface area contributed by atoms with Crippen LogP contribution in [0, 0.1) is 0 Å². The predicted molar refractivity (Wildman–Crippen MR) is 96.3 cm³/mol. The van der Waals surface area contributed by atoms with Gasteiger partial charge in [0.1, 0.15) is 5.75 Å². The van der Waals surface area contributed by atoms with E-state index in [2.05, 4.69) is 4.98 Å². The largest absolute Gasteiger partial charge is 0.497 e. The number of nitrogens with one attached hydrogen (secondary N) is 1. The molecule has 138 valence electrons. The van der Waals surface area contributed by atoms with E-state index < -0.39 is 11.2 Å². The van der Waals surface area contributed by atoms with Gasteiger partial charge in [0.15, 0.2) is 0 Å². The molecular weight excluding hydrogens is 336 g/mol. The van der Waals surface area contributed by atoms with Gasteiger partial charge in [-0.3, -0.25) is 14.2 Å². The quantitative estimate of drug-likeness (QED) is 0.771. The fourth-order valence-electron chi connectivity index (χ4n) is 3.27. The first-order chi connectivity index (χ1) is 12.4. The summed E-state index contributed by atoms with van der Waals surface area (Å²) in [6.07, 6.45) is 1.24. The highest BCUT2D eigenvalue weighted by molar-refractivity contribution is 5.79. The number of likely N-dealkylation sites (tertiary alicyclic amines) is 1. The lowest BCUT2D eigenvalue weighted by molar-refractivity contribution is -0.129. The zero-order valence-electron chi connectivity index (χ0n) is 14.8. The minimum absolute atomic E-state index is 0.00691. The van der Waals surface area contributed by atoms with Crippen LogP contribution in [0.25, 0.3) is 0 Å². The molecule has 0 unspecified atom stereocenters. The van der Waals surface area contributed by atoms with Crippen molar-refractivity contribution in [2.45, 2.75) is 18.4 Å². The Hall–Kier alpha value is -2.87. The molecule has 0 spiro atoms. The van der Waals surface area contributed by atoms with Crippen LogP contribution in [0.3, 0.4) is 0 Å². The summed E-state index contributed by atoms with van der Waals surface area (Å²) in [5.74, 6) is 0.568. The van der Waals surface area contributed by atoms with Crippen LogP contribution in [0.5, 0.6) is 5.75 Å². The first-order valence-electron chi connectivity index (χ1n) is 8.35. The van der Waals surface area contributed by atoms with E-state index >= 15 is 0 Å². The van der Waals surface area contributed by atoms with E-state index in [1.807, 2.05) is 24.3 Å². The number of nitrogens with zero attached hydrogens (tertiary/aromatic N) is 2. The third-order valence-electron chi connectivity index (χ3n) is 4.84. The molecule has 8 nitrogen and oxygen atoms in total. The van der Waals surface area contributed by atoms with E-state index in [1.54, 1.807) is 12.0 Å². The summed E-state index contributed by atoms with van der Waals surface area (Å²) in [4.78, 5) is 40.2. The number of carbonyl (C=O) groups excluding carboxylic acids is 1. The van der Waals surface area contributed by atoms with Crippen LogP contribution in [-0.2, 0) is 18.3 Å². The molecular formula is C18H22N4O4. The van der Waals surface area contributed by atoms with E-state index in [9.17, 15) is 14.4 Å². The van der Waals surface area contributed by atoms with Crippen LogP contribution in [0.4, 0.5) is 0 Å². The molecule has 8 heteroatoms. The lowest BCUT2D eigenvalue weighted by Crippen LogP contribution is -2.38. The third-order valence-corrected chi connectivity index (χ3v) is 4.84. The van der Waals surface area contributed by atoms with Gasteiger partial charge in [0, 0.05) is 43.9 Å². The van der Waals surface area contributed by atoms with Crippen LogP contribution in [-0.4, -0.2) is 46.6 Å². The van der Waals surface area contributed by atoms with Crippen molar-refractivity contribution in [3.05, 3.63) is 62.4 Å². The molecule has 1 aliphatic heterocycles. The molecule has 3 N–H and O–H groups in total. The van der Waals surface area contributed by atoms with Crippen LogP contribution in [0.2, 0.25) is 0 Å². The second-order valence-electron chi connectivity index (χ2n) is 6.51. The maximum absolute atomic E-state index is 12.6. The van der Waals surface area contributed by atoms with Crippen molar-refractivity contribution in [2.75, 3.05) is 20.2 Å². The van der Waals surface area contributed by atoms with Crippen molar-refractivity contribution in [1.82, 2.24) is 14.5 Å². The minimum Gasteiger partial charge on any atom is -0.497 e. The number of ether oxygens (including phenoxy) is 1. The Balaban J connectivity index is 1.75. The molecule has 1 aliphatic rings. The van der Waals surface area contributed by atoms with E-state index in [0.29, 0.717) is 13.1 Å². The van der Waals surface area contributed by atoms with E-state index in [-0.39, 0.29) is 29.9 Å². The molecule has 0 radical (unpaired) electrons. The van der Waals surface area contributed by atoms with Gasteiger partial charge in [0.25, 0.3) is 5.56 Å². The summed E-state index contributed by atoms with van der Waals surface area (Å²) in [5.41, 5.74) is 6.56. The molecule has 26 heavy (non-hydrogen) atoms. The predicted octanol–water partition coefficient (Wildman–Crippen LogP) is -0.422. The number of aromatic nitrogens is 2.